The van der Waals surface area contributed by atoms with Gasteiger partial charge in [-0.3, -0.25) is 9.69 Å². The van der Waals surface area contributed by atoms with Crippen LogP contribution in [0, 0.1) is 5.92 Å². The molecule has 3 saturated heterocycles. The van der Waals surface area contributed by atoms with Crippen molar-refractivity contribution in [1.82, 2.24) is 19.7 Å². The molecule has 0 radical (unpaired) electrons. The molecule has 4 heterocycles. The molecule has 13 nitrogen and oxygen atoms in total. The van der Waals surface area contributed by atoms with E-state index >= 15 is 0 Å². The van der Waals surface area contributed by atoms with E-state index in [1.165, 1.54) is 32.5 Å². The van der Waals surface area contributed by atoms with E-state index in [1.54, 1.807) is 0 Å². The van der Waals surface area contributed by atoms with E-state index in [4.69, 9.17) is 50.7 Å². The molecule has 3 fully saturated rings. The number of piperazine rings is 1. The summed E-state index contributed by atoms with van der Waals surface area (Å²) in [6.45, 7) is 9.16. The number of aryl methyl sites for hydroxylation is 1. The molecule has 1 aromatic carbocycles. The fourth-order valence-electron chi connectivity index (χ4n) is 5.55. The molecule has 3 aliphatic rings. The van der Waals surface area contributed by atoms with E-state index in [-0.39, 0.29) is 5.91 Å². The molecule has 0 atom stereocenters. The van der Waals surface area contributed by atoms with Crippen molar-refractivity contribution in [3.63, 3.8) is 0 Å². The lowest BCUT2D eigenvalue weighted by molar-refractivity contribution is -0.193. The topological polar surface area (TPSA) is 168 Å². The Morgan fingerprint density at radius 1 is 0.750 bits per heavy atom. The number of nitrogens with zero attached hydrogens (tertiary/aromatic N) is 5. The van der Waals surface area contributed by atoms with E-state index in [1.807, 2.05) is 29.2 Å². The second-order valence-electron chi connectivity index (χ2n) is 12.8. The SMILES string of the molecule is CN1CCC(CN2CCN(C(=O)CCc3oc(N4CCCC4)nc3-c3ccc(Cl)cc3)CC2)CC1.O=C(O)C(F)(F)F.O=C(O)C(F)(F)F.O=C(O)C(F)(F)F. The van der Waals surface area contributed by atoms with Crippen LogP contribution in [0.15, 0.2) is 28.7 Å². The highest BCUT2D eigenvalue weighted by Gasteiger charge is 2.39. The smallest absolute Gasteiger partial charge is 0.475 e. The van der Waals surface area contributed by atoms with Crippen LogP contribution in [-0.2, 0) is 25.6 Å². The number of halogens is 10. The summed E-state index contributed by atoms with van der Waals surface area (Å²) in [6, 6.07) is 8.38. The van der Waals surface area contributed by atoms with Gasteiger partial charge in [0.2, 0.25) is 5.91 Å². The molecule has 0 aliphatic carbocycles. The van der Waals surface area contributed by atoms with Crippen molar-refractivity contribution in [2.24, 2.45) is 5.92 Å². The largest absolute Gasteiger partial charge is 0.490 e. The molecule has 316 valence electrons. The minimum Gasteiger partial charge on any atom is -0.475 e. The van der Waals surface area contributed by atoms with Crippen LogP contribution >= 0.6 is 11.6 Å². The summed E-state index contributed by atoms with van der Waals surface area (Å²) in [5, 5.41) is 22.1. The lowest BCUT2D eigenvalue weighted by atomic mass is 9.96. The average Bonchev–Trinajstić information content (AvgIpc) is 3.80. The number of hydrogen-bond acceptors (Lipinski definition) is 9. The number of rotatable bonds is 7. The van der Waals surface area contributed by atoms with Gasteiger partial charge in [0.25, 0.3) is 6.01 Å². The molecule has 0 saturated carbocycles. The highest BCUT2D eigenvalue weighted by Crippen LogP contribution is 2.31. The van der Waals surface area contributed by atoms with Crippen LogP contribution in [0.5, 0.6) is 0 Å². The zero-order chi connectivity index (χ0) is 42.4. The van der Waals surface area contributed by atoms with Gasteiger partial charge in [-0.2, -0.15) is 44.5 Å². The molecule has 0 unspecified atom stereocenters. The van der Waals surface area contributed by atoms with Gasteiger partial charge in [0.05, 0.1) is 0 Å². The maximum Gasteiger partial charge on any atom is 0.490 e. The van der Waals surface area contributed by atoms with Crippen LogP contribution in [-0.4, -0.2) is 143 Å². The number of amides is 1. The Hall–Kier alpha value is -4.31. The van der Waals surface area contributed by atoms with Crippen LogP contribution in [0.4, 0.5) is 45.5 Å². The highest BCUT2D eigenvalue weighted by atomic mass is 35.5. The number of benzene rings is 1. The van der Waals surface area contributed by atoms with Crippen LogP contribution in [0.1, 0.15) is 37.9 Å². The number of carbonyl (C=O) groups is 4. The zero-order valence-electron chi connectivity index (χ0n) is 29.9. The first-order valence-electron chi connectivity index (χ1n) is 17.0. The van der Waals surface area contributed by atoms with Gasteiger partial charge in [-0.05, 0) is 63.9 Å². The van der Waals surface area contributed by atoms with Gasteiger partial charge in [-0.1, -0.05) is 23.7 Å². The maximum absolute atomic E-state index is 13.1. The van der Waals surface area contributed by atoms with Crippen molar-refractivity contribution in [2.45, 2.75) is 57.1 Å². The van der Waals surface area contributed by atoms with Gasteiger partial charge in [-0.15, -0.1) is 0 Å². The minimum atomic E-state index is -5.08. The monoisotopic (exact) mass is 841 g/mol. The second kappa shape index (κ2) is 21.3. The van der Waals surface area contributed by atoms with E-state index in [0.29, 0.717) is 23.9 Å². The molecule has 3 N–H and O–H groups in total. The molecule has 3 aliphatic heterocycles. The number of oxazole rings is 1. The molecule has 23 heteroatoms. The normalized spacial score (nSPS) is 17.1. The maximum atomic E-state index is 13.1. The number of hydrogen-bond donors (Lipinski definition) is 3. The van der Waals surface area contributed by atoms with Gasteiger partial charge >= 0.3 is 36.4 Å². The number of alkyl halides is 9. The van der Waals surface area contributed by atoms with Crippen molar-refractivity contribution in [2.75, 3.05) is 70.9 Å². The van der Waals surface area contributed by atoms with E-state index in [2.05, 4.69) is 21.7 Å². The Morgan fingerprint density at radius 3 is 1.62 bits per heavy atom. The van der Waals surface area contributed by atoms with Crippen LogP contribution < -0.4 is 4.90 Å². The summed E-state index contributed by atoms with van der Waals surface area (Å²) in [4.78, 5) is 53.8. The Labute approximate surface area is 319 Å². The summed E-state index contributed by atoms with van der Waals surface area (Å²) in [6.07, 6.45) is -9.32. The molecule has 0 bridgehead atoms. The number of aliphatic carboxylic acids is 3. The van der Waals surface area contributed by atoms with Gasteiger partial charge < -0.3 is 34.4 Å². The molecular formula is C33H41ClF9N5O8. The fraction of sp³-hybridized carbons (Fsp3) is 0.606. The Bertz CT molecular complexity index is 1510. The average molecular weight is 842 g/mol. The molecule has 56 heavy (non-hydrogen) atoms. The molecule has 1 aromatic heterocycles. The summed E-state index contributed by atoms with van der Waals surface area (Å²) in [5.74, 6) is -6.46. The molecule has 2 aromatic rings. The second-order valence-corrected chi connectivity index (χ2v) is 13.2. The van der Waals surface area contributed by atoms with Crippen molar-refractivity contribution in [3.05, 3.63) is 35.0 Å². The van der Waals surface area contributed by atoms with Crippen molar-refractivity contribution >= 4 is 41.4 Å². The molecule has 5 rings (SSSR count). The van der Waals surface area contributed by atoms with Gasteiger partial charge in [0.15, 0.2) is 0 Å². The first-order chi connectivity index (χ1) is 25.9. The Balaban J connectivity index is 0.000000423. The Kier molecular flexibility index (Phi) is 18.2. The van der Waals surface area contributed by atoms with Gasteiger partial charge in [0.1, 0.15) is 11.5 Å². The summed E-state index contributed by atoms with van der Waals surface area (Å²) in [5.41, 5.74) is 1.81. The number of anilines is 1. The molecule has 1 amide bonds. The van der Waals surface area contributed by atoms with Gasteiger partial charge in [-0.25, -0.2) is 14.4 Å². The number of carbonyl (C=O) groups excluding carboxylic acids is 1. The number of likely N-dealkylation sites (tertiary alicyclic amines) is 1. The van der Waals surface area contributed by atoms with Crippen LogP contribution in [0.3, 0.4) is 0 Å². The minimum absolute atomic E-state index is 0.213. The Morgan fingerprint density at radius 2 is 1.20 bits per heavy atom. The number of carboxylic acids is 3. The van der Waals surface area contributed by atoms with Crippen molar-refractivity contribution in [1.29, 1.82) is 0 Å². The fourth-order valence-corrected chi connectivity index (χ4v) is 5.68. The third-order valence-corrected chi connectivity index (χ3v) is 8.81. The molecular weight excluding hydrogens is 801 g/mol. The third kappa shape index (κ3) is 16.8. The van der Waals surface area contributed by atoms with E-state index < -0.39 is 36.4 Å². The van der Waals surface area contributed by atoms with E-state index in [0.717, 1.165) is 75.0 Å². The lowest BCUT2D eigenvalue weighted by Crippen LogP contribution is -2.50. The number of carboxylic acid groups (broad SMARTS) is 3. The molecule has 0 spiro atoms. The number of piperidine rings is 1. The number of aromatic nitrogens is 1. The lowest BCUT2D eigenvalue weighted by Gasteiger charge is -2.38. The third-order valence-electron chi connectivity index (χ3n) is 8.55. The standard InChI is InChI=1S/C27H38ClN5O2.3C2HF3O2/c1-30-14-10-21(11-15-30)20-31-16-18-32(19-17-31)25(34)9-8-24-26(22-4-6-23(28)7-5-22)29-27(35-24)33-12-2-3-13-33;3*3-2(4,5)1(6)7/h4-7,21H,2-3,8-20H2,1H3;3*(H,6,7). The predicted octanol–water partition coefficient (Wildman–Crippen LogP) is 5.91. The summed E-state index contributed by atoms with van der Waals surface area (Å²) >= 11 is 6.10. The van der Waals surface area contributed by atoms with Crippen LogP contribution in [0.2, 0.25) is 5.02 Å². The van der Waals surface area contributed by atoms with Crippen molar-refractivity contribution in [3.8, 4) is 11.3 Å². The first-order valence-corrected chi connectivity index (χ1v) is 17.4. The van der Waals surface area contributed by atoms with E-state index in [9.17, 15) is 44.3 Å². The van der Waals surface area contributed by atoms with Crippen LogP contribution in [0.25, 0.3) is 11.3 Å². The van der Waals surface area contributed by atoms with Crippen molar-refractivity contribution < 1.29 is 78.4 Å². The summed E-state index contributed by atoms with van der Waals surface area (Å²) in [7, 11) is 2.21. The predicted molar refractivity (Wildman–Crippen MR) is 181 cm³/mol. The van der Waals surface area contributed by atoms with Gasteiger partial charge in [0, 0.05) is 69.2 Å². The summed E-state index contributed by atoms with van der Waals surface area (Å²) < 4.78 is 101. The highest BCUT2D eigenvalue weighted by molar-refractivity contribution is 6.30. The zero-order valence-corrected chi connectivity index (χ0v) is 30.6. The quantitative estimate of drug-likeness (QED) is 0.283. The first kappa shape index (κ1) is 47.8.